The highest BCUT2D eigenvalue weighted by Crippen LogP contribution is 2.40. The quantitative estimate of drug-likeness (QED) is 0.118. The van der Waals surface area contributed by atoms with Crippen molar-refractivity contribution in [3.63, 3.8) is 0 Å². The van der Waals surface area contributed by atoms with Gasteiger partial charge in [0.25, 0.3) is 11.7 Å². The topological polar surface area (TPSA) is 172 Å². The fraction of sp³-hybridized carbons (Fsp3) is 0.679. The predicted molar refractivity (Wildman–Crippen MR) is 268 cm³/mol. The number of aliphatic hydroxyl groups is 2. The van der Waals surface area contributed by atoms with Crippen LogP contribution in [0.5, 0.6) is 5.75 Å². The number of fused-ring (bicyclic) bond motifs is 4. The zero-order valence-electron chi connectivity index (χ0n) is 43.3. The van der Waals surface area contributed by atoms with Gasteiger partial charge in [0.2, 0.25) is 5.79 Å². The zero-order chi connectivity index (χ0) is 50.9. The lowest BCUT2D eigenvalue weighted by molar-refractivity contribution is -0.302. The number of ketones is 2. The van der Waals surface area contributed by atoms with Crippen LogP contribution >= 0.6 is 0 Å². The van der Waals surface area contributed by atoms with Gasteiger partial charge in [0, 0.05) is 75.2 Å². The highest BCUT2D eigenvalue weighted by Gasteiger charge is 2.56. The van der Waals surface area contributed by atoms with Gasteiger partial charge in [0.1, 0.15) is 35.9 Å². The number of hydrogen-bond acceptors (Lipinski definition) is 12. The van der Waals surface area contributed by atoms with Crippen molar-refractivity contribution in [2.45, 2.75) is 187 Å². The molecule has 14 atom stereocenters. The van der Waals surface area contributed by atoms with Crippen molar-refractivity contribution < 1.29 is 57.8 Å². The molecule has 1 saturated carbocycles. The molecule has 388 valence electrons. The van der Waals surface area contributed by atoms with E-state index in [9.17, 15) is 29.4 Å². The predicted octanol–water partition coefficient (Wildman–Crippen LogP) is 8.48. The number of nitrogens with zero attached hydrogens (tertiary/aromatic N) is 2. The molecule has 2 bridgehead atoms. The van der Waals surface area contributed by atoms with Crippen LogP contribution in [0.3, 0.4) is 0 Å². The summed E-state index contributed by atoms with van der Waals surface area (Å²) in [5.41, 5.74) is 2.82. The molecule has 2 aromatic rings. The van der Waals surface area contributed by atoms with Gasteiger partial charge in [0.15, 0.2) is 0 Å². The van der Waals surface area contributed by atoms with Crippen molar-refractivity contribution in [3.8, 4) is 5.75 Å². The average molecular weight is 975 g/mol. The highest BCUT2D eigenvalue weighted by molar-refractivity contribution is 6.39. The fourth-order valence-electron chi connectivity index (χ4n) is 11.5. The molecule has 14 heteroatoms. The number of hydrogen-bond donors (Lipinski definition) is 2. The zero-order valence-corrected chi connectivity index (χ0v) is 43.3. The third-order valence-electron chi connectivity index (χ3n) is 15.4. The number of benzene rings is 1. The van der Waals surface area contributed by atoms with Gasteiger partial charge in [-0.3, -0.25) is 14.4 Å². The summed E-state index contributed by atoms with van der Waals surface area (Å²) in [6.45, 7) is 18.9. The molecule has 70 heavy (non-hydrogen) atoms. The second-order valence-electron chi connectivity index (χ2n) is 20.8. The Hall–Kier alpha value is -4.18. The van der Waals surface area contributed by atoms with E-state index in [0.717, 1.165) is 36.1 Å². The van der Waals surface area contributed by atoms with Crippen LogP contribution in [-0.2, 0) is 49.4 Å². The van der Waals surface area contributed by atoms with Gasteiger partial charge >= 0.3 is 5.97 Å². The molecule has 0 spiro atoms. The first-order valence-corrected chi connectivity index (χ1v) is 26.0. The Morgan fingerprint density at radius 3 is 2.39 bits per heavy atom. The number of piperidine rings is 1. The number of aliphatic hydroxyl groups excluding tert-OH is 1. The monoisotopic (exact) mass is 975 g/mol. The lowest BCUT2D eigenvalue weighted by Gasteiger charge is -2.47. The number of amides is 1. The number of methoxy groups -OCH3 is 2. The van der Waals surface area contributed by atoms with E-state index in [0.29, 0.717) is 57.1 Å². The Kier molecular flexibility index (Phi) is 19.7. The molecule has 1 aromatic carbocycles. The molecule has 1 aliphatic carbocycles. The maximum Gasteiger partial charge on any atom is 0.329 e. The SMILES string of the molecule is C=CCC1C=C(C)CC(C)CC(OC)C2OC(O)(C(=O)C(=O)N3CCCCC3C(=O)OC(C(C)=CC3CCC(Oc4ccc5c(ccn5CCC)c4)C(OCC)C3)C(C)C(O)CC1=O)C(C)CC2OC. The molecule has 2 saturated heterocycles. The molecule has 3 aliphatic heterocycles. The normalized spacial score (nSPS) is 34.8. The van der Waals surface area contributed by atoms with Gasteiger partial charge in [-0.05, 0) is 133 Å². The van der Waals surface area contributed by atoms with Crippen LogP contribution in [0.2, 0.25) is 0 Å². The number of aromatic nitrogens is 1. The first-order valence-electron chi connectivity index (χ1n) is 26.0. The molecule has 0 radical (unpaired) electrons. The first-order chi connectivity index (χ1) is 33.5. The second kappa shape index (κ2) is 25.0. The molecule has 1 amide bonds. The van der Waals surface area contributed by atoms with Crippen LogP contribution in [0.15, 0.2) is 66.4 Å². The van der Waals surface area contributed by atoms with Gasteiger partial charge in [-0.15, -0.1) is 6.58 Å². The number of carbonyl (C=O) groups is 4. The van der Waals surface area contributed by atoms with E-state index in [1.807, 2.05) is 32.9 Å². The molecule has 3 fully saturated rings. The summed E-state index contributed by atoms with van der Waals surface area (Å²) in [4.78, 5) is 58.9. The van der Waals surface area contributed by atoms with Crippen molar-refractivity contribution in [2.75, 3.05) is 27.4 Å². The fourth-order valence-corrected chi connectivity index (χ4v) is 11.5. The van der Waals surface area contributed by atoms with E-state index in [2.05, 4.69) is 55.5 Å². The van der Waals surface area contributed by atoms with Gasteiger partial charge < -0.3 is 48.1 Å². The van der Waals surface area contributed by atoms with Gasteiger partial charge in [-0.2, -0.15) is 0 Å². The van der Waals surface area contributed by atoms with E-state index in [1.54, 1.807) is 19.9 Å². The van der Waals surface area contributed by atoms with Crippen LogP contribution in [0.1, 0.15) is 126 Å². The Morgan fingerprint density at radius 2 is 1.69 bits per heavy atom. The number of Topliss-reactive ketones (excluding diaryl/α,β-unsaturated/α-hetero) is 2. The highest BCUT2D eigenvalue weighted by atomic mass is 16.7. The minimum Gasteiger partial charge on any atom is -0.488 e. The Morgan fingerprint density at radius 1 is 0.943 bits per heavy atom. The van der Waals surface area contributed by atoms with Gasteiger partial charge in [-0.25, -0.2) is 4.79 Å². The smallest absolute Gasteiger partial charge is 0.329 e. The summed E-state index contributed by atoms with van der Waals surface area (Å²) in [5.74, 6) is -6.95. The summed E-state index contributed by atoms with van der Waals surface area (Å²) in [6, 6.07) is 7.17. The number of esters is 1. The maximum absolute atomic E-state index is 14.6. The number of aryl methyl sites for hydroxylation is 1. The number of rotatable bonds is 12. The van der Waals surface area contributed by atoms with Crippen LogP contribution in [0, 0.1) is 29.6 Å². The largest absolute Gasteiger partial charge is 0.488 e. The van der Waals surface area contributed by atoms with E-state index in [4.69, 9.17) is 28.4 Å². The van der Waals surface area contributed by atoms with Crippen molar-refractivity contribution in [1.29, 1.82) is 0 Å². The van der Waals surface area contributed by atoms with Crippen molar-refractivity contribution in [3.05, 3.63) is 66.4 Å². The Balaban J connectivity index is 1.31. The van der Waals surface area contributed by atoms with Crippen molar-refractivity contribution in [2.24, 2.45) is 29.6 Å². The molecular formula is C56H82N2O12. The summed E-state index contributed by atoms with van der Waals surface area (Å²) in [6.07, 6.45) is 9.10. The third-order valence-corrected chi connectivity index (χ3v) is 15.4. The Bertz CT molecular complexity index is 2180. The number of carbonyl (C=O) groups excluding carboxylic acids is 4. The first kappa shape index (κ1) is 55.1. The van der Waals surface area contributed by atoms with Gasteiger partial charge in [0.05, 0.1) is 24.4 Å². The molecular weight excluding hydrogens is 893 g/mol. The van der Waals surface area contributed by atoms with Crippen LogP contribution < -0.4 is 4.74 Å². The lowest BCUT2D eigenvalue weighted by atomic mass is 9.81. The number of allylic oxidation sites excluding steroid dienone is 4. The molecule has 14 nitrogen and oxygen atoms in total. The summed E-state index contributed by atoms with van der Waals surface area (Å²) in [7, 11) is 3.07. The van der Waals surface area contributed by atoms with E-state index >= 15 is 0 Å². The lowest BCUT2D eigenvalue weighted by Crippen LogP contribution is -2.64. The third kappa shape index (κ3) is 12.9. The van der Waals surface area contributed by atoms with E-state index < -0.39 is 77.8 Å². The summed E-state index contributed by atoms with van der Waals surface area (Å²) >= 11 is 0. The molecule has 2 N–H and O–H groups in total. The average Bonchev–Trinajstić information content (AvgIpc) is 3.74. The standard InChI is InChI=1S/C56H82N2O12/c1-11-16-41-27-34(4)26-35(5)28-49(65-9)52-50(66-10)30-37(7)56(64,70-52)53(61)54(62)58-24-15-14-17-44(58)55(63)69-51(38(8)45(59)33-46(41)60)36(6)29-39-18-21-47(48(31-39)67-13-3)68-42-19-20-43-40(32-42)22-25-57(43)23-12-2/h11,19-20,22,25,27,29,32,35,37-39,41,44-45,47-52,59,64H,1,12-18,21,23-24,26,28,30-31,33H2,2-10H3. The summed E-state index contributed by atoms with van der Waals surface area (Å²) < 4.78 is 39.8. The second-order valence-corrected chi connectivity index (χ2v) is 20.8. The van der Waals surface area contributed by atoms with Crippen LogP contribution in [-0.4, -0.2) is 125 Å². The maximum atomic E-state index is 14.6. The molecule has 14 unspecified atom stereocenters. The number of cyclic esters (lactones) is 1. The minimum absolute atomic E-state index is 0.00429. The van der Waals surface area contributed by atoms with Crippen molar-refractivity contribution >= 4 is 34.3 Å². The van der Waals surface area contributed by atoms with Crippen LogP contribution in [0.4, 0.5) is 0 Å². The molecule has 4 heterocycles. The van der Waals surface area contributed by atoms with E-state index in [-0.39, 0.29) is 55.6 Å². The Labute approximate surface area is 416 Å². The van der Waals surface area contributed by atoms with Crippen molar-refractivity contribution in [1.82, 2.24) is 9.47 Å². The molecule has 4 aliphatic rings. The summed E-state index contributed by atoms with van der Waals surface area (Å²) in [5, 5.41) is 25.3. The van der Waals surface area contributed by atoms with Gasteiger partial charge in [-0.1, -0.05) is 51.5 Å². The molecule has 1 aromatic heterocycles. The van der Waals surface area contributed by atoms with Crippen LogP contribution in [0.25, 0.3) is 10.9 Å². The minimum atomic E-state index is -2.52. The number of ether oxygens (including phenoxy) is 6. The molecule has 6 rings (SSSR count). The van der Waals surface area contributed by atoms with E-state index in [1.165, 1.54) is 24.6 Å².